The number of amides is 3. The van der Waals surface area contributed by atoms with Gasteiger partial charge in [0.1, 0.15) is 5.75 Å². The molecule has 3 amide bonds. The van der Waals surface area contributed by atoms with Gasteiger partial charge in [-0.15, -0.1) is 0 Å². The van der Waals surface area contributed by atoms with Crippen molar-refractivity contribution in [1.29, 1.82) is 0 Å². The minimum absolute atomic E-state index is 0.228. The molecule has 0 aromatic heterocycles. The Hall–Kier alpha value is -3.35. The first kappa shape index (κ1) is 17.0. The maximum Gasteiger partial charge on any atom is 0.316 e. The fourth-order valence-corrected chi connectivity index (χ4v) is 1.86. The van der Waals surface area contributed by atoms with Crippen LogP contribution in [0.3, 0.4) is 0 Å². The lowest BCUT2D eigenvalue weighted by atomic mass is 10.2. The first-order valence-electron chi connectivity index (χ1n) is 7.24. The fraction of sp³-hybridized carbons (Fsp3) is 0.118. The molecule has 0 aliphatic carbocycles. The Kier molecular flexibility index (Phi) is 5.51. The zero-order valence-corrected chi connectivity index (χ0v) is 13.0. The molecule has 0 aliphatic heterocycles. The van der Waals surface area contributed by atoms with Gasteiger partial charge in [-0.3, -0.25) is 19.7 Å². The van der Waals surface area contributed by atoms with E-state index in [4.69, 9.17) is 10.5 Å². The number of nitrogens with two attached hydrogens (primary N) is 1. The summed E-state index contributed by atoms with van der Waals surface area (Å²) in [6.45, 7) is 2.39. The smallest absolute Gasteiger partial charge is 0.316 e. The third-order valence-corrected chi connectivity index (χ3v) is 3.03. The molecular formula is C17H17N3O4. The number of rotatable bonds is 4. The molecule has 0 fully saturated rings. The maximum absolute atomic E-state index is 11.9. The first-order valence-corrected chi connectivity index (χ1v) is 7.24. The zero-order valence-electron chi connectivity index (χ0n) is 13.0. The highest BCUT2D eigenvalue weighted by Gasteiger charge is 2.18. The lowest BCUT2D eigenvalue weighted by Crippen LogP contribution is -2.39. The molecular weight excluding hydrogens is 310 g/mol. The summed E-state index contributed by atoms with van der Waals surface area (Å²) in [5.74, 6) is -2.02. The number of benzene rings is 2. The molecule has 0 bridgehead atoms. The Balaban J connectivity index is 1.93. The first-order chi connectivity index (χ1) is 11.5. The summed E-state index contributed by atoms with van der Waals surface area (Å²) >= 11 is 0. The van der Waals surface area contributed by atoms with Crippen molar-refractivity contribution in [2.75, 3.05) is 17.7 Å². The minimum atomic E-state index is -1.05. The minimum Gasteiger partial charge on any atom is -0.494 e. The number of anilines is 2. The van der Waals surface area contributed by atoms with Crippen LogP contribution in [0.4, 0.5) is 11.4 Å². The molecule has 4 N–H and O–H groups in total. The van der Waals surface area contributed by atoms with E-state index in [0.29, 0.717) is 23.7 Å². The lowest BCUT2D eigenvalue weighted by Gasteiger charge is -2.07. The highest BCUT2D eigenvalue weighted by Crippen LogP contribution is 2.15. The van der Waals surface area contributed by atoms with Crippen molar-refractivity contribution in [3.05, 3.63) is 54.1 Å². The lowest BCUT2D eigenvalue weighted by molar-refractivity contribution is -0.135. The van der Waals surface area contributed by atoms with Gasteiger partial charge in [0.25, 0.3) is 5.91 Å². The molecule has 0 aliphatic rings. The Morgan fingerprint density at radius 3 is 2.17 bits per heavy atom. The Morgan fingerprint density at radius 1 is 0.958 bits per heavy atom. The molecule has 124 valence electrons. The van der Waals surface area contributed by atoms with Gasteiger partial charge in [0.05, 0.1) is 6.61 Å². The van der Waals surface area contributed by atoms with Crippen molar-refractivity contribution >= 4 is 29.1 Å². The number of hydrogen-bond acceptors (Lipinski definition) is 5. The summed E-state index contributed by atoms with van der Waals surface area (Å²) < 4.78 is 5.28. The third kappa shape index (κ3) is 4.57. The van der Waals surface area contributed by atoms with E-state index in [1.165, 1.54) is 24.3 Å². The maximum atomic E-state index is 11.9. The van der Waals surface area contributed by atoms with Crippen LogP contribution >= 0.6 is 0 Å². The summed E-state index contributed by atoms with van der Waals surface area (Å²) in [6.07, 6.45) is 0. The zero-order chi connectivity index (χ0) is 17.5. The van der Waals surface area contributed by atoms with Crippen LogP contribution in [0.2, 0.25) is 0 Å². The van der Waals surface area contributed by atoms with Gasteiger partial charge in [0, 0.05) is 16.9 Å². The normalized spacial score (nSPS) is 9.88. The van der Waals surface area contributed by atoms with Crippen LogP contribution in [0.25, 0.3) is 0 Å². The van der Waals surface area contributed by atoms with Crippen LogP contribution in [0.5, 0.6) is 5.75 Å². The standard InChI is InChI=1S/C17H17N3O4/c1-2-24-14-9-7-13(8-10-14)19-16(22)17(23)20-15(21)11-3-5-12(18)6-4-11/h3-10H,2,18H2,1H3,(H,19,22)(H,20,21,23). The van der Waals surface area contributed by atoms with Gasteiger partial charge in [0.2, 0.25) is 0 Å². The van der Waals surface area contributed by atoms with Gasteiger partial charge in [-0.05, 0) is 55.5 Å². The molecule has 7 nitrogen and oxygen atoms in total. The van der Waals surface area contributed by atoms with Gasteiger partial charge in [-0.25, -0.2) is 0 Å². The Labute approximate surface area is 138 Å². The molecule has 0 spiro atoms. The number of nitrogen functional groups attached to an aromatic ring is 1. The molecule has 2 aromatic rings. The van der Waals surface area contributed by atoms with Crippen LogP contribution in [0.1, 0.15) is 17.3 Å². The SMILES string of the molecule is CCOc1ccc(NC(=O)C(=O)NC(=O)c2ccc(N)cc2)cc1. The van der Waals surface area contributed by atoms with Crippen LogP contribution in [-0.4, -0.2) is 24.3 Å². The van der Waals surface area contributed by atoms with Gasteiger partial charge in [-0.1, -0.05) is 0 Å². The molecule has 0 radical (unpaired) electrons. The number of carbonyl (C=O) groups is 3. The van der Waals surface area contributed by atoms with Crippen molar-refractivity contribution in [2.45, 2.75) is 6.92 Å². The molecule has 24 heavy (non-hydrogen) atoms. The monoisotopic (exact) mass is 327 g/mol. The van der Waals surface area contributed by atoms with E-state index in [0.717, 1.165) is 0 Å². The molecule has 7 heteroatoms. The van der Waals surface area contributed by atoms with Crippen LogP contribution in [0.15, 0.2) is 48.5 Å². The van der Waals surface area contributed by atoms with Crippen LogP contribution < -0.4 is 21.1 Å². The van der Waals surface area contributed by atoms with E-state index in [-0.39, 0.29) is 5.56 Å². The van der Waals surface area contributed by atoms with Crippen LogP contribution in [0, 0.1) is 0 Å². The largest absolute Gasteiger partial charge is 0.494 e. The Morgan fingerprint density at radius 2 is 1.58 bits per heavy atom. The van der Waals surface area contributed by atoms with Crippen molar-refractivity contribution in [3.63, 3.8) is 0 Å². The number of nitrogens with one attached hydrogen (secondary N) is 2. The van der Waals surface area contributed by atoms with Crippen LogP contribution in [-0.2, 0) is 9.59 Å². The van der Waals surface area contributed by atoms with Gasteiger partial charge >= 0.3 is 11.8 Å². The van der Waals surface area contributed by atoms with Gasteiger partial charge in [-0.2, -0.15) is 0 Å². The van der Waals surface area contributed by atoms with Crippen molar-refractivity contribution in [1.82, 2.24) is 5.32 Å². The highest BCUT2D eigenvalue weighted by molar-refractivity contribution is 6.42. The number of imide groups is 1. The summed E-state index contributed by atoms with van der Waals surface area (Å²) in [4.78, 5) is 35.5. The summed E-state index contributed by atoms with van der Waals surface area (Å²) in [5, 5.41) is 4.41. The second kappa shape index (κ2) is 7.77. The highest BCUT2D eigenvalue weighted by atomic mass is 16.5. The predicted octanol–water partition coefficient (Wildman–Crippen LogP) is 1.56. The average molecular weight is 327 g/mol. The molecule has 0 saturated carbocycles. The second-order valence-corrected chi connectivity index (χ2v) is 4.82. The van der Waals surface area contributed by atoms with E-state index in [1.54, 1.807) is 24.3 Å². The van der Waals surface area contributed by atoms with Crippen molar-refractivity contribution in [2.24, 2.45) is 0 Å². The third-order valence-electron chi connectivity index (χ3n) is 3.03. The molecule has 0 heterocycles. The molecule has 0 unspecified atom stereocenters. The van der Waals surface area contributed by atoms with Crippen molar-refractivity contribution < 1.29 is 19.1 Å². The number of ether oxygens (including phenoxy) is 1. The Bertz CT molecular complexity index is 739. The van der Waals surface area contributed by atoms with Gasteiger partial charge in [0.15, 0.2) is 0 Å². The van der Waals surface area contributed by atoms with Gasteiger partial charge < -0.3 is 15.8 Å². The number of carbonyl (C=O) groups excluding carboxylic acids is 3. The van der Waals surface area contributed by atoms with E-state index in [9.17, 15) is 14.4 Å². The van der Waals surface area contributed by atoms with Crippen molar-refractivity contribution in [3.8, 4) is 5.75 Å². The summed E-state index contributed by atoms with van der Waals surface area (Å²) in [7, 11) is 0. The molecule has 0 saturated heterocycles. The van der Waals surface area contributed by atoms with E-state index < -0.39 is 17.7 Å². The summed E-state index contributed by atoms with van der Waals surface area (Å²) in [5.41, 5.74) is 6.66. The molecule has 2 rings (SSSR count). The fourth-order valence-electron chi connectivity index (χ4n) is 1.86. The van der Waals surface area contributed by atoms with E-state index in [1.807, 2.05) is 12.2 Å². The summed E-state index contributed by atoms with van der Waals surface area (Å²) in [6, 6.07) is 12.5. The average Bonchev–Trinajstić information content (AvgIpc) is 2.57. The van der Waals surface area contributed by atoms with E-state index in [2.05, 4.69) is 5.32 Å². The predicted molar refractivity (Wildman–Crippen MR) is 89.6 cm³/mol. The topological polar surface area (TPSA) is 111 Å². The molecule has 0 atom stereocenters. The number of hydrogen-bond donors (Lipinski definition) is 3. The van der Waals surface area contributed by atoms with E-state index >= 15 is 0 Å². The second-order valence-electron chi connectivity index (χ2n) is 4.82. The quantitative estimate of drug-likeness (QED) is 0.583. The molecule has 2 aromatic carbocycles.